The van der Waals surface area contributed by atoms with E-state index in [4.69, 9.17) is 4.79 Å². The van der Waals surface area contributed by atoms with Crippen LogP contribution in [0.25, 0.3) is 10.1 Å². The highest BCUT2D eigenvalue weighted by molar-refractivity contribution is 7.17. The maximum atomic E-state index is 12.7. The number of hydrogen-bond donors (Lipinski definition) is 1. The molecule has 2 aromatic rings. The Morgan fingerprint density at radius 1 is 1.35 bits per heavy atom. The van der Waals surface area contributed by atoms with Gasteiger partial charge in [0.2, 0.25) is 6.41 Å². The van der Waals surface area contributed by atoms with E-state index in [0.29, 0.717) is 6.41 Å². The van der Waals surface area contributed by atoms with Crippen LogP contribution in [0.5, 0.6) is 0 Å². The summed E-state index contributed by atoms with van der Waals surface area (Å²) >= 11 is 1.66. The van der Waals surface area contributed by atoms with Crippen LogP contribution in [0.3, 0.4) is 0 Å². The van der Waals surface area contributed by atoms with E-state index < -0.39 is 0 Å². The Morgan fingerprint density at radius 2 is 1.94 bits per heavy atom. The number of amides is 1. The summed E-state index contributed by atoms with van der Waals surface area (Å²) in [7, 11) is 1.56. The number of nitrogens with one attached hydrogen (secondary N) is 1. The van der Waals surface area contributed by atoms with Crippen LogP contribution in [0.4, 0.5) is 4.39 Å². The molecule has 0 unspecified atom stereocenters. The zero-order valence-electron chi connectivity index (χ0n) is 10.6. The van der Waals surface area contributed by atoms with Crippen molar-refractivity contribution in [3.63, 3.8) is 0 Å². The molecule has 17 heavy (non-hydrogen) atoms. The molecule has 1 aromatic carbocycles. The third-order valence-corrected chi connectivity index (χ3v) is 2.93. The maximum absolute atomic E-state index is 12.7. The van der Waals surface area contributed by atoms with Gasteiger partial charge in [0.15, 0.2) is 0 Å². The second-order valence-corrected chi connectivity index (χ2v) is 3.88. The molecule has 94 valence electrons. The second-order valence-electron chi connectivity index (χ2n) is 2.97. The minimum Gasteiger partial charge on any atom is -0.362 e. The molecule has 0 atom stereocenters. The van der Waals surface area contributed by atoms with E-state index in [2.05, 4.69) is 5.32 Å². The summed E-state index contributed by atoms with van der Waals surface area (Å²) in [6, 6.07) is 4.90. The summed E-state index contributed by atoms with van der Waals surface area (Å²) in [5.74, 6) is -0.154. The number of fused-ring (bicyclic) bond motifs is 1. The van der Waals surface area contributed by atoms with E-state index in [1.165, 1.54) is 6.07 Å². The Bertz CT molecular complexity index is 454. The van der Waals surface area contributed by atoms with Gasteiger partial charge in [-0.1, -0.05) is 13.8 Å². The van der Waals surface area contributed by atoms with Crippen LogP contribution in [-0.2, 0) is 4.79 Å². The number of hydrogen-bond acceptors (Lipinski definition) is 2. The van der Waals surface area contributed by atoms with Crippen LogP contribution >= 0.6 is 11.3 Å². The van der Waals surface area contributed by atoms with Crippen molar-refractivity contribution in [1.29, 1.82) is 0 Å². The van der Waals surface area contributed by atoms with Gasteiger partial charge in [-0.05, 0) is 41.5 Å². The van der Waals surface area contributed by atoms with Crippen LogP contribution in [0.1, 0.15) is 19.4 Å². The predicted octanol–water partition coefficient (Wildman–Crippen LogP) is 3.74. The molecule has 2 rings (SSSR count). The van der Waals surface area contributed by atoms with Crippen molar-refractivity contribution in [1.82, 2.24) is 5.32 Å². The number of carbonyl (C=O) groups excluding carboxylic acids is 1. The topological polar surface area (TPSA) is 29.1 Å². The summed E-state index contributed by atoms with van der Waals surface area (Å²) in [6.45, 7) is 6.00. The van der Waals surface area contributed by atoms with Gasteiger partial charge in [-0.15, -0.1) is 11.3 Å². The van der Waals surface area contributed by atoms with Crippen molar-refractivity contribution in [2.24, 2.45) is 0 Å². The van der Waals surface area contributed by atoms with Crippen LogP contribution in [0.2, 0.25) is 0 Å². The molecule has 0 fully saturated rings. The van der Waals surface area contributed by atoms with Crippen molar-refractivity contribution in [2.45, 2.75) is 20.8 Å². The quantitative estimate of drug-likeness (QED) is 0.773. The molecular weight excluding hydrogens is 237 g/mol. The molecule has 1 amide bonds. The summed E-state index contributed by atoms with van der Waals surface area (Å²) in [6.07, 6.45) is 0.625. The number of halogens is 1. The SMILES string of the molecule is CC.CNC=O.Cc1csc2ccc(F)cc12. The monoisotopic (exact) mass is 255 g/mol. The molecule has 2 nitrogen and oxygen atoms in total. The van der Waals surface area contributed by atoms with E-state index >= 15 is 0 Å². The zero-order chi connectivity index (χ0) is 13.3. The first-order chi connectivity index (χ1) is 8.19. The van der Waals surface area contributed by atoms with E-state index in [1.54, 1.807) is 24.5 Å². The Morgan fingerprint density at radius 3 is 2.47 bits per heavy atom. The molecule has 0 spiro atoms. The normalized spacial score (nSPS) is 8.53. The molecule has 4 heteroatoms. The third-order valence-electron chi connectivity index (χ3n) is 1.85. The minimum atomic E-state index is -0.154. The van der Waals surface area contributed by atoms with E-state index in [0.717, 1.165) is 15.6 Å². The molecule has 0 aliphatic heterocycles. The third kappa shape index (κ3) is 4.95. The van der Waals surface area contributed by atoms with Gasteiger partial charge >= 0.3 is 0 Å². The molecule has 0 aliphatic rings. The largest absolute Gasteiger partial charge is 0.362 e. The van der Waals surface area contributed by atoms with Crippen molar-refractivity contribution >= 4 is 27.8 Å². The second kappa shape index (κ2) is 8.70. The fourth-order valence-corrected chi connectivity index (χ4v) is 2.05. The molecule has 0 aliphatic carbocycles. The van der Waals surface area contributed by atoms with Crippen molar-refractivity contribution in [3.8, 4) is 0 Å². The van der Waals surface area contributed by atoms with Crippen molar-refractivity contribution in [2.75, 3.05) is 7.05 Å². The Kier molecular flexibility index (Phi) is 7.97. The zero-order valence-corrected chi connectivity index (χ0v) is 11.4. The molecule has 1 aromatic heterocycles. The van der Waals surface area contributed by atoms with Crippen LogP contribution in [-0.4, -0.2) is 13.5 Å². The Hall–Kier alpha value is -1.42. The number of carbonyl (C=O) groups is 1. The van der Waals surface area contributed by atoms with Gasteiger partial charge in [-0.25, -0.2) is 4.39 Å². The van der Waals surface area contributed by atoms with E-state index in [-0.39, 0.29) is 5.82 Å². The van der Waals surface area contributed by atoms with E-state index in [1.807, 2.05) is 32.2 Å². The minimum absolute atomic E-state index is 0.154. The highest BCUT2D eigenvalue weighted by Gasteiger charge is 1.99. The Labute approximate surface area is 105 Å². The maximum Gasteiger partial charge on any atom is 0.206 e. The van der Waals surface area contributed by atoms with Gasteiger partial charge in [0.25, 0.3) is 0 Å². The fraction of sp³-hybridized carbons (Fsp3) is 0.308. The lowest BCUT2D eigenvalue weighted by molar-refractivity contribution is -0.109. The smallest absolute Gasteiger partial charge is 0.206 e. The highest BCUT2D eigenvalue weighted by atomic mass is 32.1. The summed E-state index contributed by atoms with van der Waals surface area (Å²) in [5.41, 5.74) is 1.16. The van der Waals surface area contributed by atoms with Gasteiger partial charge in [-0.2, -0.15) is 0 Å². The summed E-state index contributed by atoms with van der Waals surface area (Å²) in [5, 5.41) is 5.33. The van der Waals surface area contributed by atoms with Gasteiger partial charge in [-0.3, -0.25) is 4.79 Å². The molecule has 0 bridgehead atoms. The number of thiophene rings is 1. The number of rotatable bonds is 1. The van der Waals surface area contributed by atoms with E-state index in [9.17, 15) is 4.39 Å². The summed E-state index contributed by atoms with van der Waals surface area (Å²) in [4.78, 5) is 9.06. The standard InChI is InChI=1S/C9H7FS.C2H5NO.C2H6/c1-6-5-11-9-3-2-7(10)4-8(6)9;1-3-2-4;1-2/h2-5H,1H3;2H,1H3,(H,3,4);1-2H3. The lowest BCUT2D eigenvalue weighted by atomic mass is 10.2. The lowest BCUT2D eigenvalue weighted by Crippen LogP contribution is -1.98. The van der Waals surface area contributed by atoms with Crippen molar-refractivity contribution < 1.29 is 9.18 Å². The average molecular weight is 255 g/mol. The fourth-order valence-electron chi connectivity index (χ4n) is 1.13. The van der Waals surface area contributed by atoms with Gasteiger partial charge in [0, 0.05) is 11.7 Å². The van der Waals surface area contributed by atoms with Gasteiger partial charge < -0.3 is 5.32 Å². The van der Waals surface area contributed by atoms with Crippen LogP contribution < -0.4 is 5.32 Å². The molecule has 1 N–H and O–H groups in total. The van der Waals surface area contributed by atoms with Gasteiger partial charge in [0.05, 0.1) is 0 Å². The molecule has 0 saturated carbocycles. The lowest BCUT2D eigenvalue weighted by Gasteiger charge is -1.90. The van der Waals surface area contributed by atoms with Crippen LogP contribution in [0, 0.1) is 12.7 Å². The molecule has 0 saturated heterocycles. The first-order valence-electron chi connectivity index (χ1n) is 5.43. The van der Waals surface area contributed by atoms with Gasteiger partial charge in [0.1, 0.15) is 5.82 Å². The number of benzene rings is 1. The molecule has 1 heterocycles. The average Bonchev–Trinajstić information content (AvgIpc) is 2.74. The van der Waals surface area contributed by atoms with Crippen molar-refractivity contribution in [3.05, 3.63) is 35.0 Å². The summed E-state index contributed by atoms with van der Waals surface area (Å²) < 4.78 is 13.9. The number of aryl methyl sites for hydroxylation is 1. The van der Waals surface area contributed by atoms with Crippen LogP contribution in [0.15, 0.2) is 23.6 Å². The first-order valence-corrected chi connectivity index (χ1v) is 6.31. The highest BCUT2D eigenvalue weighted by Crippen LogP contribution is 2.25. The Balaban J connectivity index is 0.000000368. The molecule has 0 radical (unpaired) electrons. The first kappa shape index (κ1) is 15.6. The predicted molar refractivity (Wildman–Crippen MR) is 73.0 cm³/mol. The molecular formula is C13H18FNOS.